The predicted molar refractivity (Wildman–Crippen MR) is 98.7 cm³/mol. The van der Waals surface area contributed by atoms with Gasteiger partial charge in [0.15, 0.2) is 5.76 Å². The highest BCUT2D eigenvalue weighted by molar-refractivity contribution is 7.15. The van der Waals surface area contributed by atoms with Crippen molar-refractivity contribution in [2.45, 2.75) is 20.3 Å². The molecule has 132 valence electrons. The monoisotopic (exact) mass is 369 g/mol. The molecule has 0 radical (unpaired) electrons. The first-order chi connectivity index (χ1) is 12.5. The van der Waals surface area contributed by atoms with Crippen LogP contribution in [0.15, 0.2) is 44.0 Å². The van der Waals surface area contributed by atoms with Crippen LogP contribution in [0.2, 0.25) is 0 Å². The molecule has 0 aliphatic carbocycles. The van der Waals surface area contributed by atoms with E-state index in [0.29, 0.717) is 22.0 Å². The largest absolute Gasteiger partial charge is 0.425 e. The summed E-state index contributed by atoms with van der Waals surface area (Å²) in [7, 11) is 0. The van der Waals surface area contributed by atoms with Crippen molar-refractivity contribution in [2.75, 3.05) is 5.32 Å². The molecule has 0 bridgehead atoms. The molecule has 0 fully saturated rings. The summed E-state index contributed by atoms with van der Waals surface area (Å²) in [5.74, 6) is -0.0476. The average Bonchev–Trinajstić information content (AvgIpc) is 3.21. The van der Waals surface area contributed by atoms with E-state index in [1.807, 2.05) is 0 Å². The smallest absolute Gasteiger partial charge is 0.302 e. The fourth-order valence-electron chi connectivity index (χ4n) is 2.60. The number of hydrogen-bond acceptors (Lipinski definition) is 7. The SMILES string of the molecule is CC(C)Cc1nnc(NC(=O)c2cc3c(=O)c4ccccc4oc3o2)s1. The molecule has 8 heteroatoms. The number of nitrogens with one attached hydrogen (secondary N) is 1. The predicted octanol–water partition coefficient (Wildman–Crippen LogP) is 3.84. The van der Waals surface area contributed by atoms with E-state index in [9.17, 15) is 9.59 Å². The van der Waals surface area contributed by atoms with E-state index in [2.05, 4.69) is 29.4 Å². The van der Waals surface area contributed by atoms with Crippen molar-refractivity contribution in [3.05, 3.63) is 51.3 Å². The first-order valence-corrected chi connectivity index (χ1v) is 8.92. The lowest BCUT2D eigenvalue weighted by Gasteiger charge is -1.98. The van der Waals surface area contributed by atoms with Gasteiger partial charge in [0.2, 0.25) is 10.6 Å². The van der Waals surface area contributed by atoms with Gasteiger partial charge in [-0.25, -0.2) is 0 Å². The van der Waals surface area contributed by atoms with Crippen LogP contribution in [0.3, 0.4) is 0 Å². The van der Waals surface area contributed by atoms with Gasteiger partial charge in [-0.15, -0.1) is 10.2 Å². The number of furan rings is 1. The maximum Gasteiger partial charge on any atom is 0.302 e. The van der Waals surface area contributed by atoms with Crippen LogP contribution in [0.1, 0.15) is 29.4 Å². The van der Waals surface area contributed by atoms with Crippen LogP contribution >= 0.6 is 11.3 Å². The Labute approximate surface area is 151 Å². The van der Waals surface area contributed by atoms with Gasteiger partial charge in [0.05, 0.1) is 5.39 Å². The van der Waals surface area contributed by atoms with Crippen LogP contribution in [0.5, 0.6) is 0 Å². The van der Waals surface area contributed by atoms with Crippen molar-refractivity contribution in [3.8, 4) is 0 Å². The Bertz CT molecular complexity index is 1170. The van der Waals surface area contributed by atoms with Crippen LogP contribution in [0.25, 0.3) is 22.1 Å². The van der Waals surface area contributed by atoms with Crippen molar-refractivity contribution < 1.29 is 13.6 Å². The molecule has 1 N–H and O–H groups in total. The normalized spacial score (nSPS) is 11.5. The minimum absolute atomic E-state index is 0.0169. The molecule has 4 rings (SSSR count). The van der Waals surface area contributed by atoms with Crippen LogP contribution in [-0.4, -0.2) is 16.1 Å². The Morgan fingerprint density at radius 2 is 2.00 bits per heavy atom. The number of aromatic nitrogens is 2. The molecular weight excluding hydrogens is 354 g/mol. The summed E-state index contributed by atoms with van der Waals surface area (Å²) < 4.78 is 11.0. The van der Waals surface area contributed by atoms with E-state index in [0.717, 1.165) is 11.4 Å². The molecule has 0 aliphatic rings. The number of para-hydroxylation sites is 1. The van der Waals surface area contributed by atoms with Crippen LogP contribution in [0.4, 0.5) is 5.13 Å². The number of carbonyl (C=O) groups excluding carboxylic acids is 1. The third-order valence-electron chi connectivity index (χ3n) is 3.77. The van der Waals surface area contributed by atoms with Crippen molar-refractivity contribution >= 4 is 44.5 Å². The van der Waals surface area contributed by atoms with Crippen LogP contribution in [0, 0.1) is 5.92 Å². The zero-order chi connectivity index (χ0) is 18.3. The molecule has 0 spiro atoms. The molecule has 1 amide bonds. The molecule has 7 nitrogen and oxygen atoms in total. The molecule has 1 aromatic carbocycles. The standard InChI is InChI=1S/C18H15N3O4S/c1-9(2)7-14-20-21-18(26-14)19-16(23)13-8-11-15(22)10-5-3-4-6-12(10)24-17(11)25-13/h3-6,8-9H,7H2,1-2H3,(H,19,21,23). The van der Waals surface area contributed by atoms with Gasteiger partial charge in [-0.05, 0) is 18.1 Å². The molecule has 4 aromatic rings. The number of benzene rings is 1. The first kappa shape index (κ1) is 16.5. The van der Waals surface area contributed by atoms with Gasteiger partial charge in [0.25, 0.3) is 5.91 Å². The van der Waals surface area contributed by atoms with Crippen molar-refractivity contribution in [2.24, 2.45) is 5.92 Å². The molecule has 0 unspecified atom stereocenters. The summed E-state index contributed by atoms with van der Waals surface area (Å²) in [6.45, 7) is 4.17. The topological polar surface area (TPSA) is 98.2 Å². The number of nitrogens with zero attached hydrogens (tertiary/aromatic N) is 2. The average molecular weight is 369 g/mol. The van der Waals surface area contributed by atoms with E-state index >= 15 is 0 Å². The molecule has 0 saturated heterocycles. The number of amides is 1. The van der Waals surface area contributed by atoms with Crippen molar-refractivity contribution in [1.29, 1.82) is 0 Å². The molecule has 0 atom stereocenters. The number of carbonyl (C=O) groups is 1. The zero-order valence-corrected chi connectivity index (χ0v) is 14.9. The Morgan fingerprint density at radius 3 is 2.81 bits per heavy atom. The fraction of sp³-hybridized carbons (Fsp3) is 0.222. The lowest BCUT2D eigenvalue weighted by molar-refractivity contribution is 0.0997. The summed E-state index contributed by atoms with van der Waals surface area (Å²) in [6.07, 6.45) is 0.795. The van der Waals surface area contributed by atoms with Gasteiger partial charge in [-0.2, -0.15) is 0 Å². The molecule has 26 heavy (non-hydrogen) atoms. The van der Waals surface area contributed by atoms with Gasteiger partial charge in [0.1, 0.15) is 16.0 Å². The summed E-state index contributed by atoms with van der Waals surface area (Å²) in [5, 5.41) is 12.6. The molecular formula is C18H15N3O4S. The van der Waals surface area contributed by atoms with Gasteiger partial charge >= 0.3 is 5.78 Å². The fourth-order valence-corrected chi connectivity index (χ4v) is 3.55. The highest BCUT2D eigenvalue weighted by Gasteiger charge is 2.19. The second kappa shape index (κ2) is 6.38. The van der Waals surface area contributed by atoms with Crippen LogP contribution in [-0.2, 0) is 6.42 Å². The summed E-state index contributed by atoms with van der Waals surface area (Å²) in [6, 6.07) is 8.25. The number of hydrogen-bond donors (Lipinski definition) is 1. The highest BCUT2D eigenvalue weighted by atomic mass is 32.1. The Kier molecular flexibility index (Phi) is 4.04. The van der Waals surface area contributed by atoms with E-state index < -0.39 is 5.91 Å². The molecule has 3 aromatic heterocycles. The second-order valence-corrected chi connectivity index (χ2v) is 7.35. The van der Waals surface area contributed by atoms with Gasteiger partial charge in [-0.3, -0.25) is 14.9 Å². The van der Waals surface area contributed by atoms with E-state index in [-0.39, 0.29) is 22.4 Å². The quantitative estimate of drug-likeness (QED) is 0.587. The number of rotatable bonds is 4. The zero-order valence-electron chi connectivity index (χ0n) is 14.1. The van der Waals surface area contributed by atoms with E-state index in [1.54, 1.807) is 24.3 Å². The number of fused-ring (bicyclic) bond motifs is 2. The molecule has 3 heterocycles. The first-order valence-electron chi connectivity index (χ1n) is 8.10. The van der Waals surface area contributed by atoms with Crippen molar-refractivity contribution in [3.63, 3.8) is 0 Å². The van der Waals surface area contributed by atoms with Gasteiger partial charge < -0.3 is 8.83 Å². The number of anilines is 1. The van der Waals surface area contributed by atoms with Gasteiger partial charge in [0, 0.05) is 12.5 Å². The second-order valence-electron chi connectivity index (χ2n) is 6.29. The highest BCUT2D eigenvalue weighted by Crippen LogP contribution is 2.23. The molecule has 0 aliphatic heterocycles. The summed E-state index contributed by atoms with van der Waals surface area (Å²) in [4.78, 5) is 24.9. The van der Waals surface area contributed by atoms with E-state index in [1.165, 1.54) is 17.4 Å². The maximum absolute atomic E-state index is 12.5. The minimum Gasteiger partial charge on any atom is -0.425 e. The third kappa shape index (κ3) is 2.99. The summed E-state index contributed by atoms with van der Waals surface area (Å²) in [5.41, 5.74) is 0.175. The van der Waals surface area contributed by atoms with E-state index in [4.69, 9.17) is 8.83 Å². The summed E-state index contributed by atoms with van der Waals surface area (Å²) >= 11 is 1.32. The maximum atomic E-state index is 12.5. The molecule has 0 saturated carbocycles. The third-order valence-corrected chi connectivity index (χ3v) is 4.63. The lowest BCUT2D eigenvalue weighted by Crippen LogP contribution is -2.10. The Morgan fingerprint density at radius 1 is 1.19 bits per heavy atom. The Hall–Kier alpha value is -3.00. The van der Waals surface area contributed by atoms with Crippen molar-refractivity contribution in [1.82, 2.24) is 10.2 Å². The van der Waals surface area contributed by atoms with Gasteiger partial charge in [-0.1, -0.05) is 37.3 Å². The Balaban J connectivity index is 1.65. The lowest BCUT2D eigenvalue weighted by atomic mass is 10.1. The minimum atomic E-state index is -0.507. The van der Waals surface area contributed by atoms with Crippen LogP contribution < -0.4 is 10.7 Å².